The minimum atomic E-state index is -0.836. The van der Waals surface area contributed by atoms with E-state index in [1.807, 2.05) is 25.2 Å². The van der Waals surface area contributed by atoms with E-state index in [1.54, 1.807) is 32.0 Å². The molecule has 0 fully saturated rings. The van der Waals surface area contributed by atoms with Crippen LogP contribution in [0.25, 0.3) is 0 Å². The molecule has 0 spiro atoms. The van der Waals surface area contributed by atoms with Crippen LogP contribution in [0.4, 0.5) is 0 Å². The van der Waals surface area contributed by atoms with Crippen molar-refractivity contribution < 1.29 is 19.1 Å². The van der Waals surface area contributed by atoms with E-state index in [9.17, 15) is 9.59 Å². The van der Waals surface area contributed by atoms with Gasteiger partial charge in [0.25, 0.3) is 0 Å². The van der Waals surface area contributed by atoms with Crippen molar-refractivity contribution in [3.8, 4) is 0 Å². The van der Waals surface area contributed by atoms with Gasteiger partial charge >= 0.3 is 11.9 Å². The monoisotopic (exact) mass is 544 g/mol. The van der Waals surface area contributed by atoms with Crippen molar-refractivity contribution in [3.05, 3.63) is 81.0 Å². The Labute approximate surface area is 229 Å². The molecular formula is C29H34Cl2N2O4. The first-order valence-electron chi connectivity index (χ1n) is 12.1. The fourth-order valence-electron chi connectivity index (χ4n) is 4.89. The first-order valence-corrected chi connectivity index (χ1v) is 12.9. The molecule has 0 bridgehead atoms. The molecule has 0 amide bonds. The Kier molecular flexibility index (Phi) is 9.57. The molecule has 0 aromatic heterocycles. The molecule has 6 nitrogen and oxygen atoms in total. The standard InChI is InChI=1S/C29H34Cl2N2O4/c1-18-24(27(34)36-6)26(22-14-21(30)12-13-23(22)31)25(19(2)32-18)28(35)37-17-29(3,4)16-33(5)15-20-10-8-7-9-11-20/h7-14,24,26H,15-17H2,1-6H3. The fourth-order valence-corrected chi connectivity index (χ4v) is 5.31. The SMILES string of the molecule is COC(=O)C1C(C)=NC(C)=C(C(=O)OCC(C)(C)CN(C)Cc2ccccc2)C1c1cc(Cl)ccc1Cl. The maximum atomic E-state index is 13.6. The maximum absolute atomic E-state index is 13.6. The second-order valence-corrected chi connectivity index (χ2v) is 11.1. The number of benzene rings is 2. The Hall–Kier alpha value is -2.67. The molecule has 1 aliphatic heterocycles. The molecule has 3 rings (SSSR count). The van der Waals surface area contributed by atoms with E-state index >= 15 is 0 Å². The van der Waals surface area contributed by atoms with Crippen LogP contribution in [0.5, 0.6) is 0 Å². The number of ether oxygens (including phenoxy) is 2. The van der Waals surface area contributed by atoms with Gasteiger partial charge in [0.05, 0.1) is 19.3 Å². The normalized spacial score (nSPS) is 18.0. The largest absolute Gasteiger partial charge is 0.468 e. The highest BCUT2D eigenvalue weighted by Crippen LogP contribution is 2.43. The highest BCUT2D eigenvalue weighted by Gasteiger charge is 2.43. The van der Waals surface area contributed by atoms with Gasteiger partial charge in [-0.15, -0.1) is 0 Å². The third kappa shape index (κ3) is 7.22. The lowest BCUT2D eigenvalue weighted by Gasteiger charge is -2.33. The molecule has 0 N–H and O–H groups in total. The van der Waals surface area contributed by atoms with Crippen molar-refractivity contribution in [2.45, 2.75) is 40.2 Å². The second-order valence-electron chi connectivity index (χ2n) is 10.3. The lowest BCUT2D eigenvalue weighted by molar-refractivity contribution is -0.145. The van der Waals surface area contributed by atoms with E-state index in [4.69, 9.17) is 32.7 Å². The summed E-state index contributed by atoms with van der Waals surface area (Å²) >= 11 is 12.8. The van der Waals surface area contributed by atoms with Gasteiger partial charge in [0.1, 0.15) is 5.92 Å². The number of carbonyl (C=O) groups is 2. The van der Waals surface area contributed by atoms with Crippen molar-refractivity contribution in [3.63, 3.8) is 0 Å². The number of methoxy groups -OCH3 is 1. The summed E-state index contributed by atoms with van der Waals surface area (Å²) in [5.41, 5.74) is 2.72. The van der Waals surface area contributed by atoms with Gasteiger partial charge in [0, 0.05) is 45.9 Å². The summed E-state index contributed by atoms with van der Waals surface area (Å²) in [6.45, 7) is 9.25. The van der Waals surface area contributed by atoms with Crippen LogP contribution < -0.4 is 0 Å². The zero-order valence-corrected chi connectivity index (χ0v) is 23.7. The number of nitrogens with zero attached hydrogens (tertiary/aromatic N) is 2. The zero-order chi connectivity index (χ0) is 27.3. The molecule has 2 aromatic carbocycles. The zero-order valence-electron chi connectivity index (χ0n) is 22.2. The minimum absolute atomic E-state index is 0.184. The molecule has 8 heteroatoms. The quantitative estimate of drug-likeness (QED) is 0.345. The minimum Gasteiger partial charge on any atom is -0.468 e. The fraction of sp³-hybridized carbons (Fsp3) is 0.414. The summed E-state index contributed by atoms with van der Waals surface area (Å²) < 4.78 is 10.9. The van der Waals surface area contributed by atoms with Gasteiger partial charge in [0.2, 0.25) is 0 Å². The van der Waals surface area contributed by atoms with Gasteiger partial charge < -0.3 is 14.4 Å². The third-order valence-electron chi connectivity index (χ3n) is 6.38. The van der Waals surface area contributed by atoms with E-state index in [0.717, 1.165) is 6.54 Å². The maximum Gasteiger partial charge on any atom is 0.336 e. The average molecular weight is 546 g/mol. The summed E-state index contributed by atoms with van der Waals surface area (Å²) in [6.07, 6.45) is 0. The Bertz CT molecular complexity index is 1210. The number of allylic oxidation sites excluding steroid dienone is 1. The first kappa shape index (κ1) is 28.9. The number of rotatable bonds is 9. The van der Waals surface area contributed by atoms with Crippen LogP contribution in [0.15, 0.2) is 64.8 Å². The smallest absolute Gasteiger partial charge is 0.336 e. The van der Waals surface area contributed by atoms with Crippen LogP contribution in [-0.4, -0.2) is 49.9 Å². The van der Waals surface area contributed by atoms with Crippen LogP contribution in [0.2, 0.25) is 10.0 Å². The first-order chi connectivity index (χ1) is 17.4. The van der Waals surface area contributed by atoms with Crippen molar-refractivity contribution in [2.24, 2.45) is 16.3 Å². The molecule has 2 atom stereocenters. The summed E-state index contributed by atoms with van der Waals surface area (Å²) in [5.74, 6) is -2.63. The van der Waals surface area contributed by atoms with Gasteiger partial charge in [-0.25, -0.2) is 4.79 Å². The molecule has 1 heterocycles. The van der Waals surface area contributed by atoms with Crippen LogP contribution in [-0.2, 0) is 25.6 Å². The topological polar surface area (TPSA) is 68.2 Å². The lowest BCUT2D eigenvalue weighted by atomic mass is 9.75. The van der Waals surface area contributed by atoms with Gasteiger partial charge in [-0.05, 0) is 50.2 Å². The molecule has 198 valence electrons. The summed E-state index contributed by atoms with van der Waals surface area (Å²) in [6, 6.07) is 15.2. The van der Waals surface area contributed by atoms with E-state index in [1.165, 1.54) is 12.7 Å². The van der Waals surface area contributed by atoms with E-state index in [0.29, 0.717) is 33.6 Å². The predicted molar refractivity (Wildman–Crippen MR) is 148 cm³/mol. The number of carbonyl (C=O) groups excluding carboxylic acids is 2. The molecule has 1 aliphatic rings. The summed E-state index contributed by atoms with van der Waals surface area (Å²) in [5, 5.41) is 0.829. The Balaban J connectivity index is 1.85. The number of aliphatic imine (C=N–C) groups is 1. The lowest BCUT2D eigenvalue weighted by Crippen LogP contribution is -2.38. The highest BCUT2D eigenvalue weighted by molar-refractivity contribution is 6.33. The summed E-state index contributed by atoms with van der Waals surface area (Å²) in [7, 11) is 3.35. The number of hydrogen-bond donors (Lipinski definition) is 0. The van der Waals surface area contributed by atoms with E-state index < -0.39 is 23.8 Å². The Morgan fingerprint density at radius 1 is 1.08 bits per heavy atom. The number of halogens is 2. The molecule has 0 aliphatic carbocycles. The van der Waals surface area contributed by atoms with Gasteiger partial charge in [-0.1, -0.05) is 67.4 Å². The third-order valence-corrected chi connectivity index (χ3v) is 6.96. The average Bonchev–Trinajstić information content (AvgIpc) is 2.83. The van der Waals surface area contributed by atoms with Crippen molar-refractivity contribution in [1.82, 2.24) is 4.90 Å². The van der Waals surface area contributed by atoms with Gasteiger partial charge in [0.15, 0.2) is 0 Å². The van der Waals surface area contributed by atoms with Crippen molar-refractivity contribution in [2.75, 3.05) is 27.3 Å². The van der Waals surface area contributed by atoms with Gasteiger partial charge in [-0.2, -0.15) is 0 Å². The van der Waals surface area contributed by atoms with Crippen LogP contribution in [0.1, 0.15) is 44.7 Å². The number of hydrogen-bond acceptors (Lipinski definition) is 6. The summed E-state index contributed by atoms with van der Waals surface area (Å²) in [4.78, 5) is 33.2. The van der Waals surface area contributed by atoms with Crippen LogP contribution in [0.3, 0.4) is 0 Å². The molecule has 0 radical (unpaired) electrons. The van der Waals surface area contributed by atoms with Crippen molar-refractivity contribution >= 4 is 40.9 Å². The van der Waals surface area contributed by atoms with Crippen molar-refractivity contribution in [1.29, 1.82) is 0 Å². The van der Waals surface area contributed by atoms with E-state index in [2.05, 4.69) is 35.9 Å². The Morgan fingerprint density at radius 3 is 2.41 bits per heavy atom. The van der Waals surface area contributed by atoms with Gasteiger partial charge in [-0.3, -0.25) is 9.79 Å². The van der Waals surface area contributed by atoms with E-state index in [-0.39, 0.29) is 17.6 Å². The highest BCUT2D eigenvalue weighted by atomic mass is 35.5. The molecule has 37 heavy (non-hydrogen) atoms. The van der Waals surface area contributed by atoms with Crippen LogP contribution in [0, 0.1) is 11.3 Å². The predicted octanol–water partition coefficient (Wildman–Crippen LogP) is 6.32. The van der Waals surface area contributed by atoms with Crippen LogP contribution >= 0.6 is 23.2 Å². The molecule has 0 saturated heterocycles. The molecule has 2 unspecified atom stereocenters. The Morgan fingerprint density at radius 2 is 1.76 bits per heavy atom. The number of esters is 2. The molecular weight excluding hydrogens is 511 g/mol. The molecule has 0 saturated carbocycles. The second kappa shape index (κ2) is 12.2. The molecule has 2 aromatic rings.